The van der Waals surface area contributed by atoms with Gasteiger partial charge in [-0.25, -0.2) is 4.39 Å². The summed E-state index contributed by atoms with van der Waals surface area (Å²) in [7, 11) is 0. The van der Waals surface area contributed by atoms with Gasteiger partial charge in [-0.3, -0.25) is 9.78 Å². The highest BCUT2D eigenvalue weighted by atomic mass is 19.1. The van der Waals surface area contributed by atoms with Crippen molar-refractivity contribution in [2.45, 2.75) is 25.9 Å². The fourth-order valence-electron chi connectivity index (χ4n) is 3.44. The van der Waals surface area contributed by atoms with Gasteiger partial charge in [0.1, 0.15) is 18.2 Å². The fraction of sp³-hybridized carbons (Fsp3) is 0.217. The van der Waals surface area contributed by atoms with Crippen LogP contribution in [0.3, 0.4) is 0 Å². The first-order valence-electron chi connectivity index (χ1n) is 9.31. The Bertz CT molecular complexity index is 991. The molecular formula is C23H21FN2O2. The summed E-state index contributed by atoms with van der Waals surface area (Å²) in [5.74, 6) is 0.315. The van der Waals surface area contributed by atoms with E-state index >= 15 is 0 Å². The summed E-state index contributed by atoms with van der Waals surface area (Å²) >= 11 is 0. The molecule has 0 saturated carbocycles. The Morgan fingerprint density at radius 2 is 2.04 bits per heavy atom. The molecule has 4 rings (SSSR count). The smallest absolute Gasteiger partial charge is 0.227 e. The zero-order valence-electron chi connectivity index (χ0n) is 15.6. The second kappa shape index (κ2) is 7.80. The minimum Gasteiger partial charge on any atom is -0.491 e. The van der Waals surface area contributed by atoms with Crippen molar-refractivity contribution in [1.29, 1.82) is 0 Å². The molecule has 4 nitrogen and oxygen atoms in total. The summed E-state index contributed by atoms with van der Waals surface area (Å²) in [5.41, 5.74) is 3.38. The highest BCUT2D eigenvalue weighted by Crippen LogP contribution is 2.30. The Balaban J connectivity index is 1.61. The van der Waals surface area contributed by atoms with E-state index in [1.54, 1.807) is 29.3 Å². The molecule has 0 saturated heterocycles. The van der Waals surface area contributed by atoms with Gasteiger partial charge in [0.2, 0.25) is 5.91 Å². The van der Waals surface area contributed by atoms with E-state index in [1.165, 1.54) is 6.07 Å². The maximum absolute atomic E-state index is 14.0. The van der Waals surface area contributed by atoms with Crippen LogP contribution in [0.5, 0.6) is 5.75 Å². The van der Waals surface area contributed by atoms with E-state index in [9.17, 15) is 9.18 Å². The minimum atomic E-state index is -0.353. The van der Waals surface area contributed by atoms with E-state index < -0.39 is 0 Å². The molecule has 1 atom stereocenters. The highest BCUT2D eigenvalue weighted by molar-refractivity contribution is 5.79. The van der Waals surface area contributed by atoms with E-state index in [0.29, 0.717) is 18.7 Å². The highest BCUT2D eigenvalue weighted by Gasteiger charge is 2.26. The number of pyridine rings is 1. The van der Waals surface area contributed by atoms with Gasteiger partial charge in [0.05, 0.1) is 12.5 Å². The predicted octanol–water partition coefficient (Wildman–Crippen LogP) is 4.24. The molecule has 142 valence electrons. The van der Waals surface area contributed by atoms with Crippen molar-refractivity contribution >= 4 is 5.91 Å². The molecule has 0 bridgehead atoms. The topological polar surface area (TPSA) is 42.4 Å². The number of ether oxygens (including phenoxy) is 1. The second-order valence-corrected chi connectivity index (χ2v) is 7.01. The van der Waals surface area contributed by atoms with Gasteiger partial charge in [-0.05, 0) is 42.3 Å². The zero-order valence-corrected chi connectivity index (χ0v) is 15.6. The molecule has 1 aliphatic rings. The molecular weight excluding hydrogens is 355 g/mol. The van der Waals surface area contributed by atoms with E-state index in [-0.39, 0.29) is 24.2 Å². The quantitative estimate of drug-likeness (QED) is 0.687. The zero-order chi connectivity index (χ0) is 19.5. The van der Waals surface area contributed by atoms with Crippen LogP contribution in [-0.2, 0) is 17.8 Å². The molecule has 3 aromatic rings. The first-order valence-corrected chi connectivity index (χ1v) is 9.31. The van der Waals surface area contributed by atoms with Crippen molar-refractivity contribution in [3.8, 4) is 16.9 Å². The Morgan fingerprint density at radius 1 is 1.18 bits per heavy atom. The molecule has 1 unspecified atom stereocenters. The molecule has 1 amide bonds. The number of aromatic nitrogens is 1. The largest absolute Gasteiger partial charge is 0.491 e. The number of benzene rings is 2. The molecule has 2 heterocycles. The SMILES string of the molecule is CC1COc2ccc(-c3cccnc3)cc2CN1C(=O)Cc1ccccc1F. The van der Waals surface area contributed by atoms with E-state index in [1.807, 2.05) is 43.5 Å². The summed E-state index contributed by atoms with van der Waals surface area (Å²) in [5, 5.41) is 0. The number of carbonyl (C=O) groups is 1. The molecule has 1 aromatic heterocycles. The fourth-order valence-corrected chi connectivity index (χ4v) is 3.44. The molecule has 0 aliphatic carbocycles. The summed E-state index contributed by atoms with van der Waals surface area (Å²) < 4.78 is 19.9. The van der Waals surface area contributed by atoms with Crippen molar-refractivity contribution in [1.82, 2.24) is 9.88 Å². The van der Waals surface area contributed by atoms with Crippen molar-refractivity contribution in [2.75, 3.05) is 6.61 Å². The predicted molar refractivity (Wildman–Crippen MR) is 105 cm³/mol. The van der Waals surface area contributed by atoms with Crippen LogP contribution in [0.4, 0.5) is 4.39 Å². The molecule has 0 spiro atoms. The number of hydrogen-bond acceptors (Lipinski definition) is 3. The molecule has 0 radical (unpaired) electrons. The van der Waals surface area contributed by atoms with Crippen LogP contribution in [-0.4, -0.2) is 28.4 Å². The Hall–Kier alpha value is -3.21. The molecule has 5 heteroatoms. The van der Waals surface area contributed by atoms with Gasteiger partial charge in [-0.2, -0.15) is 0 Å². The molecule has 2 aromatic carbocycles. The second-order valence-electron chi connectivity index (χ2n) is 7.01. The van der Waals surface area contributed by atoms with Gasteiger partial charge in [0, 0.05) is 30.1 Å². The van der Waals surface area contributed by atoms with Crippen LogP contribution in [0.1, 0.15) is 18.1 Å². The maximum Gasteiger partial charge on any atom is 0.227 e. The number of nitrogens with zero attached hydrogens (tertiary/aromatic N) is 2. The number of halogens is 1. The van der Waals surface area contributed by atoms with Crippen LogP contribution in [0.15, 0.2) is 67.0 Å². The first kappa shape index (κ1) is 18.2. The van der Waals surface area contributed by atoms with Gasteiger partial charge in [-0.15, -0.1) is 0 Å². The first-order chi connectivity index (χ1) is 13.6. The maximum atomic E-state index is 14.0. The lowest BCUT2D eigenvalue weighted by molar-refractivity contribution is -0.133. The van der Waals surface area contributed by atoms with Crippen LogP contribution in [0, 0.1) is 5.82 Å². The van der Waals surface area contributed by atoms with Gasteiger partial charge < -0.3 is 9.64 Å². The van der Waals surface area contributed by atoms with Crippen molar-refractivity contribution in [3.05, 3.63) is 83.9 Å². The summed E-state index contributed by atoms with van der Waals surface area (Å²) in [4.78, 5) is 18.9. The lowest BCUT2D eigenvalue weighted by atomic mass is 10.0. The number of amides is 1. The number of rotatable bonds is 3. The third kappa shape index (κ3) is 3.74. The summed E-state index contributed by atoms with van der Waals surface area (Å²) in [6, 6.07) is 16.2. The minimum absolute atomic E-state index is 0.0364. The van der Waals surface area contributed by atoms with Crippen LogP contribution >= 0.6 is 0 Å². The number of hydrogen-bond donors (Lipinski definition) is 0. The van der Waals surface area contributed by atoms with Crippen molar-refractivity contribution in [2.24, 2.45) is 0 Å². The van der Waals surface area contributed by atoms with Gasteiger partial charge in [0.15, 0.2) is 0 Å². The van der Waals surface area contributed by atoms with E-state index in [4.69, 9.17) is 4.74 Å². The van der Waals surface area contributed by atoms with E-state index in [2.05, 4.69) is 4.98 Å². The third-order valence-corrected chi connectivity index (χ3v) is 5.03. The molecule has 0 N–H and O–H groups in total. The van der Waals surface area contributed by atoms with Crippen LogP contribution < -0.4 is 4.74 Å². The Kier molecular flexibility index (Phi) is 5.06. The Morgan fingerprint density at radius 3 is 2.82 bits per heavy atom. The average Bonchev–Trinajstić information content (AvgIpc) is 2.89. The van der Waals surface area contributed by atoms with Gasteiger partial charge in [-0.1, -0.05) is 30.3 Å². The van der Waals surface area contributed by atoms with Crippen molar-refractivity contribution in [3.63, 3.8) is 0 Å². The van der Waals surface area contributed by atoms with Gasteiger partial charge in [0.25, 0.3) is 0 Å². The lowest BCUT2D eigenvalue weighted by Gasteiger charge is -2.26. The number of fused-ring (bicyclic) bond motifs is 1. The van der Waals surface area contributed by atoms with Crippen LogP contribution in [0.25, 0.3) is 11.1 Å². The lowest BCUT2D eigenvalue weighted by Crippen LogP contribution is -2.40. The summed E-state index contributed by atoms with van der Waals surface area (Å²) in [6.07, 6.45) is 3.58. The van der Waals surface area contributed by atoms with Crippen LogP contribution in [0.2, 0.25) is 0 Å². The number of carbonyl (C=O) groups excluding carboxylic acids is 1. The Labute approximate surface area is 163 Å². The molecule has 1 aliphatic heterocycles. The van der Waals surface area contributed by atoms with Crippen molar-refractivity contribution < 1.29 is 13.9 Å². The van der Waals surface area contributed by atoms with Gasteiger partial charge >= 0.3 is 0 Å². The monoisotopic (exact) mass is 376 g/mol. The standard InChI is InChI=1S/C23H21FN2O2/c1-16-15-28-22-9-8-17(19-6-4-10-25-13-19)11-20(22)14-26(16)23(27)12-18-5-2-3-7-21(18)24/h2-11,13,16H,12,14-15H2,1H3. The molecule has 28 heavy (non-hydrogen) atoms. The average molecular weight is 376 g/mol. The van der Waals surface area contributed by atoms with E-state index in [0.717, 1.165) is 22.4 Å². The normalized spacial score (nSPS) is 16.1. The third-order valence-electron chi connectivity index (χ3n) is 5.03. The molecule has 0 fully saturated rings. The summed E-state index contributed by atoms with van der Waals surface area (Å²) in [6.45, 7) is 2.79.